The average molecular weight is 292 g/mol. The predicted molar refractivity (Wildman–Crippen MR) is 77.4 cm³/mol. The molecule has 0 aliphatic carbocycles. The molecule has 96 valence electrons. The van der Waals surface area contributed by atoms with E-state index < -0.39 is 0 Å². The van der Waals surface area contributed by atoms with Crippen molar-refractivity contribution >= 4 is 33.7 Å². The molecule has 0 atom stereocenters. The molecule has 0 radical (unpaired) electrons. The van der Waals surface area contributed by atoms with Gasteiger partial charge in [0.15, 0.2) is 0 Å². The van der Waals surface area contributed by atoms with Crippen LogP contribution in [-0.2, 0) is 0 Å². The van der Waals surface area contributed by atoms with Gasteiger partial charge in [-0.05, 0) is 18.2 Å². The fraction of sp³-hybridized carbons (Fsp3) is 0. The molecule has 3 aromatic rings. The molecule has 20 heavy (non-hydrogen) atoms. The van der Waals surface area contributed by atoms with Crippen molar-refractivity contribution in [3.05, 3.63) is 59.1 Å². The quantitative estimate of drug-likeness (QED) is 0.561. The number of hydrogen-bond donors (Lipinski definition) is 1. The van der Waals surface area contributed by atoms with Gasteiger partial charge in [-0.1, -0.05) is 18.2 Å². The molecule has 2 aromatic carbocycles. The first-order valence-electron chi connectivity index (χ1n) is 5.56. The summed E-state index contributed by atoms with van der Waals surface area (Å²) in [7, 11) is 0. The number of benzene rings is 2. The van der Waals surface area contributed by atoms with Gasteiger partial charge in [0.1, 0.15) is 5.01 Å². The number of nitrogens with zero attached hydrogens (tertiary/aromatic N) is 1. The second kappa shape index (κ2) is 7.57. The molecule has 0 bridgehead atoms. The molecule has 0 aliphatic rings. The zero-order valence-electron chi connectivity index (χ0n) is 10.9. The van der Waals surface area contributed by atoms with Gasteiger partial charge in [-0.2, -0.15) is 12.1 Å². The summed E-state index contributed by atoms with van der Waals surface area (Å²) in [6.45, 7) is 0. The van der Waals surface area contributed by atoms with E-state index in [0.717, 1.165) is 16.1 Å². The van der Waals surface area contributed by atoms with Crippen molar-refractivity contribution in [2.24, 2.45) is 0 Å². The van der Waals surface area contributed by atoms with Gasteiger partial charge >= 0.3 is 29.6 Å². The molecule has 0 unspecified atom stereocenters. The zero-order chi connectivity index (χ0) is 12.4. The maximum absolute atomic E-state index is 9.32. The van der Waals surface area contributed by atoms with Crippen LogP contribution in [0.3, 0.4) is 0 Å². The van der Waals surface area contributed by atoms with Gasteiger partial charge in [-0.15, -0.1) is 29.0 Å². The van der Waals surface area contributed by atoms with Crippen LogP contribution in [0.4, 0.5) is 0 Å². The molecule has 1 heterocycles. The molecule has 3 nitrogen and oxygen atoms in total. The normalized spacial score (nSPS) is 10.2. The second-order valence-corrected chi connectivity index (χ2v) is 4.92. The van der Waals surface area contributed by atoms with Crippen LogP contribution in [0.25, 0.3) is 22.4 Å². The minimum absolute atomic E-state index is 0. The minimum atomic E-state index is 0. The number of phenolic OH excluding ortho intramolecular Hbond substituents is 1. The van der Waals surface area contributed by atoms with Crippen molar-refractivity contribution in [3.8, 4) is 5.75 Å². The monoisotopic (exact) mass is 292 g/mol. The maximum atomic E-state index is 9.32. The van der Waals surface area contributed by atoms with Crippen LogP contribution in [0, 0.1) is 6.07 Å². The van der Waals surface area contributed by atoms with E-state index in [1.807, 2.05) is 36.4 Å². The number of aromatic hydroxyl groups is 1. The van der Waals surface area contributed by atoms with Crippen LogP contribution in [0.15, 0.2) is 42.5 Å². The van der Waals surface area contributed by atoms with Gasteiger partial charge < -0.3 is 10.6 Å². The Balaban J connectivity index is 0.000001000. The molecule has 5 heteroatoms. The second-order valence-electron chi connectivity index (χ2n) is 3.86. The fourth-order valence-corrected chi connectivity index (χ4v) is 2.57. The van der Waals surface area contributed by atoms with E-state index in [4.69, 9.17) is 0 Å². The summed E-state index contributed by atoms with van der Waals surface area (Å²) in [5.41, 5.74) is 1.96. The minimum Gasteiger partial charge on any atom is -0.870 e. The van der Waals surface area contributed by atoms with E-state index in [1.54, 1.807) is 23.5 Å². The van der Waals surface area contributed by atoms with E-state index in [-0.39, 0.29) is 40.8 Å². The predicted octanol–water partition coefficient (Wildman–Crippen LogP) is 0.800. The van der Waals surface area contributed by atoms with Crippen molar-refractivity contribution in [1.29, 1.82) is 0 Å². The first kappa shape index (κ1) is 16.9. The van der Waals surface area contributed by atoms with Crippen molar-refractivity contribution in [2.45, 2.75) is 0 Å². The summed E-state index contributed by atoms with van der Waals surface area (Å²) in [6, 6.07) is 16.0. The number of fused-ring (bicyclic) bond motifs is 1. The Bertz CT molecular complexity index is 691. The molecule has 0 spiro atoms. The summed E-state index contributed by atoms with van der Waals surface area (Å²) >= 11 is 1.65. The van der Waals surface area contributed by atoms with Gasteiger partial charge in [-0.25, -0.2) is 4.98 Å². The molecular formula is C15H11NNaO2S-. The van der Waals surface area contributed by atoms with Crippen LogP contribution in [0.1, 0.15) is 10.6 Å². The average Bonchev–Trinajstić information content (AvgIpc) is 2.79. The molecule has 0 fully saturated rings. The van der Waals surface area contributed by atoms with Gasteiger partial charge in [-0.3, -0.25) is 0 Å². The summed E-state index contributed by atoms with van der Waals surface area (Å²) in [5.74, 6) is 0.154. The van der Waals surface area contributed by atoms with E-state index in [1.165, 1.54) is 4.70 Å². The Morgan fingerprint density at radius 3 is 2.70 bits per heavy atom. The first-order chi connectivity index (χ1) is 8.81. The first-order valence-corrected chi connectivity index (χ1v) is 6.37. The van der Waals surface area contributed by atoms with Gasteiger partial charge in [0.05, 0.1) is 10.2 Å². The van der Waals surface area contributed by atoms with Crippen molar-refractivity contribution in [1.82, 2.24) is 4.98 Å². The molecule has 1 aromatic heterocycles. The van der Waals surface area contributed by atoms with Crippen LogP contribution >= 0.6 is 11.3 Å². The van der Waals surface area contributed by atoms with Crippen LogP contribution in [0.2, 0.25) is 0 Å². The van der Waals surface area contributed by atoms with E-state index in [9.17, 15) is 5.11 Å². The molecule has 0 saturated heterocycles. The smallest absolute Gasteiger partial charge is 0.870 e. The Hall–Kier alpha value is -1.17. The van der Waals surface area contributed by atoms with Gasteiger partial charge in [0.2, 0.25) is 0 Å². The maximum Gasteiger partial charge on any atom is 1.00 e. The van der Waals surface area contributed by atoms with E-state index in [0.29, 0.717) is 0 Å². The number of thiazole rings is 1. The van der Waals surface area contributed by atoms with Crippen molar-refractivity contribution < 1.29 is 40.1 Å². The summed E-state index contributed by atoms with van der Waals surface area (Å²) in [4.78, 5) is 4.51. The van der Waals surface area contributed by atoms with Crippen molar-refractivity contribution in [2.75, 3.05) is 0 Å². The molecular weight excluding hydrogens is 281 g/mol. The van der Waals surface area contributed by atoms with Crippen molar-refractivity contribution in [3.63, 3.8) is 0 Å². The number of para-hydroxylation sites is 1. The summed E-state index contributed by atoms with van der Waals surface area (Å²) in [6.07, 6.45) is 3.89. The van der Waals surface area contributed by atoms with Crippen LogP contribution in [0.5, 0.6) is 5.75 Å². The van der Waals surface area contributed by atoms with E-state index >= 15 is 0 Å². The summed E-state index contributed by atoms with van der Waals surface area (Å²) in [5, 5.41) is 10.3. The Morgan fingerprint density at radius 1 is 1.15 bits per heavy atom. The number of aromatic nitrogens is 1. The Labute approximate surface area is 143 Å². The molecule has 3 rings (SSSR count). The number of phenols is 1. The van der Waals surface area contributed by atoms with Crippen LogP contribution in [-0.4, -0.2) is 15.6 Å². The van der Waals surface area contributed by atoms with Gasteiger partial charge in [0.25, 0.3) is 0 Å². The number of rotatable bonds is 2. The molecule has 0 aliphatic heterocycles. The third kappa shape index (κ3) is 3.91. The van der Waals surface area contributed by atoms with Crippen LogP contribution < -0.4 is 29.6 Å². The third-order valence-corrected chi connectivity index (χ3v) is 3.54. The van der Waals surface area contributed by atoms with E-state index in [2.05, 4.69) is 17.1 Å². The molecule has 0 saturated carbocycles. The standard InChI is InChI=1S/C15H10NOS.Na.H2O/c17-12-5-3-4-11(10-12)8-9-15-16-13-6-1-2-7-14(13)18-15;;/h1-4,6-10,17H;;1H2/q-1;+1;/p-1/b9-8+;;. The molecule has 2 N–H and O–H groups in total. The summed E-state index contributed by atoms with van der Waals surface area (Å²) < 4.78 is 1.18. The Morgan fingerprint density at radius 2 is 1.95 bits per heavy atom. The number of hydrogen-bond acceptors (Lipinski definition) is 4. The molecule has 0 amide bonds. The van der Waals surface area contributed by atoms with Gasteiger partial charge in [0, 0.05) is 5.75 Å². The SMILES string of the molecule is Oc1[c-]ccc(/C=C/c2nc3ccccc3s2)c1.[Na+].[OH-]. The Kier molecular flexibility index (Phi) is 6.39. The third-order valence-electron chi connectivity index (χ3n) is 2.54. The zero-order valence-corrected chi connectivity index (χ0v) is 13.8. The fourth-order valence-electron chi connectivity index (χ4n) is 1.70. The topological polar surface area (TPSA) is 63.1 Å². The largest absolute Gasteiger partial charge is 1.00 e.